The maximum Gasteiger partial charge on any atom is 0.0594 e. The molecule has 3 aliphatic carbocycles. The molecule has 184 valence electrons. The van der Waals surface area contributed by atoms with Gasteiger partial charge in [-0.15, -0.1) is 0 Å². The number of nitrogens with one attached hydrogen (secondary N) is 1. The highest BCUT2D eigenvalue weighted by molar-refractivity contribution is 5.36. The van der Waals surface area contributed by atoms with Crippen molar-refractivity contribution in [2.24, 2.45) is 45.8 Å². The van der Waals surface area contributed by atoms with E-state index in [9.17, 15) is 5.11 Å². The Labute approximate surface area is 199 Å². The van der Waals surface area contributed by atoms with Gasteiger partial charge in [-0.2, -0.15) is 0 Å². The van der Waals surface area contributed by atoms with Crippen LogP contribution in [0.3, 0.4) is 0 Å². The van der Waals surface area contributed by atoms with E-state index in [0.717, 1.165) is 30.6 Å². The van der Waals surface area contributed by atoms with Crippen LogP contribution in [0.4, 0.5) is 0 Å². The van der Waals surface area contributed by atoms with Crippen LogP contribution in [0.25, 0.3) is 0 Å². The fourth-order valence-electron chi connectivity index (χ4n) is 9.49. The molecule has 2 saturated carbocycles. The Hall–Kier alpha value is -0.340. The highest BCUT2D eigenvalue weighted by atomic mass is 16.3. The van der Waals surface area contributed by atoms with Crippen molar-refractivity contribution in [3.8, 4) is 0 Å². The molecule has 0 amide bonds. The largest absolute Gasteiger partial charge is 0.393 e. The first-order valence-electron chi connectivity index (χ1n) is 14.0. The van der Waals surface area contributed by atoms with E-state index in [1.54, 1.807) is 5.57 Å². The molecule has 0 aromatic heterocycles. The van der Waals surface area contributed by atoms with Crippen LogP contribution < -0.4 is 5.32 Å². The van der Waals surface area contributed by atoms with E-state index < -0.39 is 0 Å². The second kappa shape index (κ2) is 8.40. The van der Waals surface area contributed by atoms with Gasteiger partial charge in [0, 0.05) is 5.54 Å². The summed E-state index contributed by atoms with van der Waals surface area (Å²) < 4.78 is 0. The van der Waals surface area contributed by atoms with Crippen LogP contribution in [0.5, 0.6) is 0 Å². The lowest BCUT2D eigenvalue weighted by Gasteiger charge is -2.67. The van der Waals surface area contributed by atoms with Gasteiger partial charge < -0.3 is 10.4 Å². The average molecular weight is 444 g/mol. The lowest BCUT2D eigenvalue weighted by Crippen LogP contribution is -2.69. The fourth-order valence-corrected chi connectivity index (χ4v) is 9.49. The number of fused-ring (bicyclic) bond motifs is 5. The van der Waals surface area contributed by atoms with Crippen LogP contribution in [-0.4, -0.2) is 23.3 Å². The monoisotopic (exact) mass is 443 g/mol. The number of hydrogen-bond donors (Lipinski definition) is 2. The molecule has 0 aromatic rings. The molecule has 2 heteroatoms. The minimum Gasteiger partial charge on any atom is -0.393 e. The Morgan fingerprint density at radius 1 is 1.00 bits per heavy atom. The SMILES string of the molecule is CC(C)CCC[C@@H](C)C1CCN[C@@]2(C)C3=CCC4C(C)(C)[C@@H](O)CC[C@]4(C)C3CC[C@]12C. The summed E-state index contributed by atoms with van der Waals surface area (Å²) in [5, 5.41) is 15.0. The van der Waals surface area contributed by atoms with E-state index in [4.69, 9.17) is 0 Å². The third kappa shape index (κ3) is 3.57. The lowest BCUT2D eigenvalue weighted by molar-refractivity contribution is -0.135. The molecule has 1 heterocycles. The standard InChI is InChI=1S/C30H53NO/c1-20(2)10-9-11-21(3)22-16-19-31-30(8)24-12-13-25-27(4,5)26(32)15-17-28(25,6)23(24)14-18-29(22,30)7/h12,20-23,25-26,31-32H,9-11,13-19H2,1-8H3/t21-,22?,23?,25?,26+,28-,29-,30+/m1/s1. The highest BCUT2D eigenvalue weighted by Gasteiger charge is 2.64. The smallest absolute Gasteiger partial charge is 0.0594 e. The summed E-state index contributed by atoms with van der Waals surface area (Å²) in [5.41, 5.74) is 2.56. The average Bonchev–Trinajstić information content (AvgIpc) is 2.71. The van der Waals surface area contributed by atoms with Gasteiger partial charge in [-0.05, 0) is 97.8 Å². The molecule has 4 rings (SSSR count). The van der Waals surface area contributed by atoms with Gasteiger partial charge in [0.2, 0.25) is 0 Å². The van der Waals surface area contributed by atoms with Gasteiger partial charge in [-0.3, -0.25) is 0 Å². The predicted octanol–water partition coefficient (Wildman–Crippen LogP) is 7.37. The maximum atomic E-state index is 10.8. The van der Waals surface area contributed by atoms with Gasteiger partial charge in [-0.25, -0.2) is 0 Å². The topological polar surface area (TPSA) is 32.3 Å². The summed E-state index contributed by atoms with van der Waals surface area (Å²) in [6, 6.07) is 0. The molecule has 4 aliphatic rings. The van der Waals surface area contributed by atoms with Gasteiger partial charge >= 0.3 is 0 Å². The molecule has 2 N–H and O–H groups in total. The molecule has 32 heavy (non-hydrogen) atoms. The molecule has 1 saturated heterocycles. The van der Waals surface area contributed by atoms with E-state index >= 15 is 0 Å². The molecule has 0 spiro atoms. The van der Waals surface area contributed by atoms with Crippen LogP contribution >= 0.6 is 0 Å². The molecule has 1 aliphatic heterocycles. The fraction of sp³-hybridized carbons (Fsp3) is 0.933. The Kier molecular flexibility index (Phi) is 6.50. The van der Waals surface area contributed by atoms with Crippen LogP contribution in [0.1, 0.15) is 113 Å². The minimum absolute atomic E-state index is 0.0180. The highest BCUT2D eigenvalue weighted by Crippen LogP contribution is 2.67. The summed E-state index contributed by atoms with van der Waals surface area (Å²) in [4.78, 5) is 0. The zero-order valence-electron chi connectivity index (χ0n) is 22.6. The zero-order valence-corrected chi connectivity index (χ0v) is 22.6. The maximum absolute atomic E-state index is 10.8. The van der Waals surface area contributed by atoms with Crippen LogP contribution in [0, 0.1) is 45.8 Å². The van der Waals surface area contributed by atoms with E-state index in [0.29, 0.717) is 22.7 Å². The Balaban J connectivity index is 1.63. The van der Waals surface area contributed by atoms with Gasteiger partial charge in [0.1, 0.15) is 0 Å². The molecule has 3 fully saturated rings. The number of piperidine rings is 1. The first-order chi connectivity index (χ1) is 14.9. The van der Waals surface area contributed by atoms with Crippen molar-refractivity contribution in [2.45, 2.75) is 125 Å². The summed E-state index contributed by atoms with van der Waals surface area (Å²) in [5.74, 6) is 3.72. The molecule has 3 unspecified atom stereocenters. The summed E-state index contributed by atoms with van der Waals surface area (Å²) in [6.45, 7) is 20.9. The second-order valence-corrected chi connectivity index (χ2v) is 14.1. The summed E-state index contributed by atoms with van der Waals surface area (Å²) >= 11 is 0. The van der Waals surface area contributed by atoms with E-state index in [1.807, 2.05) is 0 Å². The van der Waals surface area contributed by atoms with Crippen molar-refractivity contribution in [3.05, 3.63) is 11.6 Å². The van der Waals surface area contributed by atoms with Crippen LogP contribution in [0.15, 0.2) is 11.6 Å². The molecular formula is C30H53NO. The van der Waals surface area contributed by atoms with Crippen molar-refractivity contribution in [1.29, 1.82) is 0 Å². The van der Waals surface area contributed by atoms with E-state index in [2.05, 4.69) is 66.8 Å². The number of allylic oxidation sites excluding steroid dienone is 1. The van der Waals surface area contributed by atoms with Gasteiger partial charge in [0.05, 0.1) is 6.10 Å². The summed E-state index contributed by atoms with van der Waals surface area (Å²) in [7, 11) is 0. The third-order valence-electron chi connectivity index (χ3n) is 11.8. The van der Waals surface area contributed by atoms with E-state index in [-0.39, 0.29) is 17.1 Å². The van der Waals surface area contributed by atoms with Crippen molar-refractivity contribution >= 4 is 0 Å². The third-order valence-corrected chi connectivity index (χ3v) is 11.8. The molecular weight excluding hydrogens is 390 g/mol. The van der Waals surface area contributed by atoms with E-state index in [1.165, 1.54) is 51.5 Å². The predicted molar refractivity (Wildman–Crippen MR) is 137 cm³/mol. The van der Waals surface area contributed by atoms with Crippen LogP contribution in [-0.2, 0) is 0 Å². The molecule has 8 atom stereocenters. The quantitative estimate of drug-likeness (QED) is 0.435. The van der Waals surface area contributed by atoms with Gasteiger partial charge in [0.25, 0.3) is 0 Å². The van der Waals surface area contributed by atoms with Crippen molar-refractivity contribution in [2.75, 3.05) is 6.54 Å². The van der Waals surface area contributed by atoms with Crippen molar-refractivity contribution in [3.63, 3.8) is 0 Å². The second-order valence-electron chi connectivity index (χ2n) is 14.1. The van der Waals surface area contributed by atoms with Crippen molar-refractivity contribution < 1.29 is 5.11 Å². The molecule has 0 bridgehead atoms. The van der Waals surface area contributed by atoms with Gasteiger partial charge in [-0.1, -0.05) is 79.4 Å². The number of aliphatic hydroxyl groups is 1. The Bertz CT molecular complexity index is 724. The Morgan fingerprint density at radius 3 is 2.41 bits per heavy atom. The molecule has 2 nitrogen and oxygen atoms in total. The minimum atomic E-state index is -0.149. The molecule has 0 radical (unpaired) electrons. The lowest BCUT2D eigenvalue weighted by atomic mass is 9.40. The number of hydrogen-bond acceptors (Lipinski definition) is 2. The zero-order chi connectivity index (χ0) is 23.5. The summed E-state index contributed by atoms with van der Waals surface area (Å²) in [6.07, 6.45) is 14.0. The Morgan fingerprint density at radius 2 is 1.72 bits per heavy atom. The van der Waals surface area contributed by atoms with Crippen molar-refractivity contribution in [1.82, 2.24) is 5.32 Å². The first-order valence-corrected chi connectivity index (χ1v) is 14.0. The number of aliphatic hydroxyl groups excluding tert-OH is 1. The molecule has 0 aromatic carbocycles. The van der Waals surface area contributed by atoms with Crippen LogP contribution in [0.2, 0.25) is 0 Å². The van der Waals surface area contributed by atoms with Gasteiger partial charge in [0.15, 0.2) is 0 Å². The normalized spacial score (nSPS) is 46.6. The number of rotatable bonds is 5. The first kappa shape index (κ1) is 24.8.